The molecule has 1 atom stereocenters. The van der Waals surface area contributed by atoms with Gasteiger partial charge in [-0.05, 0) is 13.0 Å². The van der Waals surface area contributed by atoms with E-state index in [9.17, 15) is 4.79 Å². The minimum Gasteiger partial charge on any atom is -0.395 e. The number of hydrogen-bond acceptors (Lipinski definition) is 5. The fourth-order valence-electron chi connectivity index (χ4n) is 2.36. The van der Waals surface area contributed by atoms with E-state index >= 15 is 0 Å². The summed E-state index contributed by atoms with van der Waals surface area (Å²) in [5.74, 6) is 0.626. The van der Waals surface area contributed by atoms with E-state index < -0.39 is 0 Å². The number of nitrogens with zero attached hydrogens (tertiary/aromatic N) is 2. The van der Waals surface area contributed by atoms with Crippen molar-refractivity contribution in [2.75, 3.05) is 59.5 Å². The SMILES string of the molecule is CC(C)CN1CCO[C@H](CNC(=O)CN(C)CCO)C1. The van der Waals surface area contributed by atoms with Crippen molar-refractivity contribution >= 4 is 5.91 Å². The quantitative estimate of drug-likeness (QED) is 0.623. The summed E-state index contributed by atoms with van der Waals surface area (Å²) < 4.78 is 5.68. The molecule has 0 aromatic carbocycles. The molecule has 0 aromatic rings. The Morgan fingerprint density at radius 2 is 2.30 bits per heavy atom. The third-order valence-corrected chi connectivity index (χ3v) is 3.27. The second-order valence-electron chi connectivity index (χ2n) is 5.91. The van der Waals surface area contributed by atoms with Crippen LogP contribution in [0.5, 0.6) is 0 Å². The van der Waals surface area contributed by atoms with Gasteiger partial charge in [0.15, 0.2) is 0 Å². The maximum Gasteiger partial charge on any atom is 0.234 e. The minimum absolute atomic E-state index is 0.0227. The highest BCUT2D eigenvalue weighted by molar-refractivity contribution is 5.77. The smallest absolute Gasteiger partial charge is 0.234 e. The Bertz CT molecular complexity index is 287. The first-order valence-corrected chi connectivity index (χ1v) is 7.41. The van der Waals surface area contributed by atoms with Crippen LogP contribution in [0.4, 0.5) is 0 Å². The van der Waals surface area contributed by atoms with Gasteiger partial charge in [-0.2, -0.15) is 0 Å². The number of hydrogen-bond donors (Lipinski definition) is 2. The molecule has 0 saturated carbocycles. The first-order chi connectivity index (χ1) is 9.51. The van der Waals surface area contributed by atoms with Gasteiger partial charge in [0, 0.05) is 32.7 Å². The molecule has 1 rings (SSSR count). The topological polar surface area (TPSA) is 65.0 Å². The van der Waals surface area contributed by atoms with Gasteiger partial charge in [0.1, 0.15) is 0 Å². The van der Waals surface area contributed by atoms with Crippen LogP contribution in [0.15, 0.2) is 0 Å². The van der Waals surface area contributed by atoms with Gasteiger partial charge in [0.05, 0.1) is 25.9 Å². The maximum atomic E-state index is 11.7. The number of aliphatic hydroxyl groups excluding tert-OH is 1. The highest BCUT2D eigenvalue weighted by atomic mass is 16.5. The number of rotatable bonds is 8. The zero-order valence-electron chi connectivity index (χ0n) is 13.0. The second-order valence-corrected chi connectivity index (χ2v) is 5.91. The molecule has 20 heavy (non-hydrogen) atoms. The van der Waals surface area contributed by atoms with Gasteiger partial charge < -0.3 is 15.2 Å². The number of nitrogens with one attached hydrogen (secondary N) is 1. The van der Waals surface area contributed by atoms with Crippen LogP contribution in [0, 0.1) is 5.92 Å². The molecule has 1 fully saturated rings. The number of likely N-dealkylation sites (N-methyl/N-ethyl adjacent to an activating group) is 1. The van der Waals surface area contributed by atoms with Crippen molar-refractivity contribution < 1.29 is 14.6 Å². The number of carbonyl (C=O) groups is 1. The lowest BCUT2D eigenvalue weighted by Crippen LogP contribution is -2.49. The van der Waals surface area contributed by atoms with Gasteiger partial charge in [-0.1, -0.05) is 13.8 Å². The molecule has 2 N–H and O–H groups in total. The summed E-state index contributed by atoms with van der Waals surface area (Å²) >= 11 is 0. The van der Waals surface area contributed by atoms with Crippen LogP contribution >= 0.6 is 0 Å². The second kappa shape index (κ2) is 9.28. The van der Waals surface area contributed by atoms with Crippen LogP contribution in [-0.4, -0.2) is 86.4 Å². The van der Waals surface area contributed by atoms with Gasteiger partial charge in [0.2, 0.25) is 5.91 Å². The molecule has 0 spiro atoms. The Morgan fingerprint density at radius 1 is 1.55 bits per heavy atom. The zero-order valence-corrected chi connectivity index (χ0v) is 13.0. The summed E-state index contributed by atoms with van der Waals surface area (Å²) in [6.07, 6.45) is 0.0783. The monoisotopic (exact) mass is 287 g/mol. The van der Waals surface area contributed by atoms with E-state index in [2.05, 4.69) is 24.1 Å². The molecular formula is C14H29N3O3. The summed E-state index contributed by atoms with van der Waals surface area (Å²) in [4.78, 5) is 15.9. The van der Waals surface area contributed by atoms with E-state index in [1.54, 1.807) is 4.90 Å². The normalized spacial score (nSPS) is 20.6. The Morgan fingerprint density at radius 3 is 2.95 bits per heavy atom. The lowest BCUT2D eigenvalue weighted by molar-refractivity contribution is -0.123. The van der Waals surface area contributed by atoms with E-state index in [4.69, 9.17) is 9.84 Å². The lowest BCUT2D eigenvalue weighted by atomic mass is 10.2. The average Bonchev–Trinajstić information content (AvgIpc) is 2.36. The van der Waals surface area contributed by atoms with Crippen molar-refractivity contribution in [3.8, 4) is 0 Å². The number of ether oxygens (including phenoxy) is 1. The van der Waals surface area contributed by atoms with Crippen LogP contribution in [0.1, 0.15) is 13.8 Å². The van der Waals surface area contributed by atoms with Gasteiger partial charge in [-0.3, -0.25) is 14.6 Å². The number of morpholine rings is 1. The summed E-state index contributed by atoms with van der Waals surface area (Å²) in [6, 6.07) is 0. The first-order valence-electron chi connectivity index (χ1n) is 7.41. The standard InChI is InChI=1S/C14H29N3O3/c1-12(2)9-17-5-7-20-13(10-17)8-15-14(19)11-16(3)4-6-18/h12-13,18H,4-11H2,1-3H3,(H,15,19)/t13-/m1/s1. The lowest BCUT2D eigenvalue weighted by Gasteiger charge is -2.34. The van der Waals surface area contributed by atoms with Gasteiger partial charge >= 0.3 is 0 Å². The number of amides is 1. The molecule has 0 bridgehead atoms. The molecule has 1 heterocycles. The number of aliphatic hydroxyl groups is 1. The van der Waals surface area contributed by atoms with Crippen molar-refractivity contribution in [3.05, 3.63) is 0 Å². The van der Waals surface area contributed by atoms with E-state index in [1.807, 2.05) is 7.05 Å². The van der Waals surface area contributed by atoms with Crippen molar-refractivity contribution in [1.29, 1.82) is 0 Å². The molecule has 1 amide bonds. The predicted octanol–water partition coefficient (Wildman–Crippen LogP) is -0.616. The zero-order chi connectivity index (χ0) is 15.0. The molecule has 0 radical (unpaired) electrons. The minimum atomic E-state index is -0.0227. The Kier molecular flexibility index (Phi) is 8.06. The van der Waals surface area contributed by atoms with Crippen LogP contribution in [0.3, 0.4) is 0 Å². The largest absolute Gasteiger partial charge is 0.395 e. The molecule has 1 aliphatic heterocycles. The Balaban J connectivity index is 2.21. The maximum absolute atomic E-state index is 11.7. The van der Waals surface area contributed by atoms with Crippen molar-refractivity contribution in [2.45, 2.75) is 20.0 Å². The fraction of sp³-hybridized carbons (Fsp3) is 0.929. The summed E-state index contributed by atoms with van der Waals surface area (Å²) in [5.41, 5.74) is 0. The van der Waals surface area contributed by atoms with E-state index in [-0.39, 0.29) is 18.6 Å². The van der Waals surface area contributed by atoms with Gasteiger partial charge in [-0.15, -0.1) is 0 Å². The fourth-order valence-corrected chi connectivity index (χ4v) is 2.36. The summed E-state index contributed by atoms with van der Waals surface area (Å²) in [5, 5.41) is 11.7. The van der Waals surface area contributed by atoms with Gasteiger partial charge in [0.25, 0.3) is 0 Å². The average molecular weight is 287 g/mol. The number of carbonyl (C=O) groups excluding carboxylic acids is 1. The summed E-state index contributed by atoms with van der Waals surface area (Å²) in [7, 11) is 1.82. The third kappa shape index (κ3) is 7.19. The van der Waals surface area contributed by atoms with E-state index in [1.165, 1.54) is 0 Å². The highest BCUT2D eigenvalue weighted by Crippen LogP contribution is 2.07. The highest BCUT2D eigenvalue weighted by Gasteiger charge is 2.21. The van der Waals surface area contributed by atoms with Crippen LogP contribution < -0.4 is 5.32 Å². The molecule has 6 nitrogen and oxygen atoms in total. The molecule has 0 aromatic heterocycles. The van der Waals surface area contributed by atoms with Crippen LogP contribution in [0.25, 0.3) is 0 Å². The predicted molar refractivity (Wildman–Crippen MR) is 78.6 cm³/mol. The van der Waals surface area contributed by atoms with E-state index in [0.717, 1.165) is 26.2 Å². The molecule has 1 aliphatic rings. The van der Waals surface area contributed by atoms with Crippen molar-refractivity contribution in [3.63, 3.8) is 0 Å². The first kappa shape index (κ1) is 17.4. The molecule has 1 saturated heterocycles. The van der Waals surface area contributed by atoms with Gasteiger partial charge in [-0.25, -0.2) is 0 Å². The third-order valence-electron chi connectivity index (χ3n) is 3.27. The molecule has 0 unspecified atom stereocenters. The molecule has 6 heteroatoms. The van der Waals surface area contributed by atoms with Crippen molar-refractivity contribution in [2.24, 2.45) is 5.92 Å². The van der Waals surface area contributed by atoms with Crippen LogP contribution in [0.2, 0.25) is 0 Å². The Hall–Kier alpha value is -0.690. The van der Waals surface area contributed by atoms with Crippen LogP contribution in [-0.2, 0) is 9.53 Å². The summed E-state index contributed by atoms with van der Waals surface area (Å²) in [6.45, 7) is 9.53. The van der Waals surface area contributed by atoms with Crippen molar-refractivity contribution in [1.82, 2.24) is 15.1 Å². The molecule has 118 valence electrons. The Labute approximate surface area is 122 Å². The molecular weight excluding hydrogens is 258 g/mol. The molecule has 0 aliphatic carbocycles. The van der Waals surface area contributed by atoms with E-state index in [0.29, 0.717) is 25.6 Å².